The van der Waals surface area contributed by atoms with Crippen LogP contribution in [0.1, 0.15) is 20.3 Å². The van der Waals surface area contributed by atoms with Gasteiger partial charge < -0.3 is 5.73 Å². The molecule has 0 aliphatic heterocycles. The minimum atomic E-state index is -0.139. The van der Waals surface area contributed by atoms with Gasteiger partial charge in [-0.2, -0.15) is 0 Å². The maximum atomic E-state index is 5.10. The Balaban J connectivity index is 3.66. The number of quaternary nitrogens is 1. The zero-order valence-electron chi connectivity index (χ0n) is 4.99. The van der Waals surface area contributed by atoms with Gasteiger partial charge in [-0.05, 0) is 5.92 Å². The third-order valence-corrected chi connectivity index (χ3v) is 1.13. The Morgan fingerprint density at radius 2 is 2.29 bits per heavy atom. The van der Waals surface area contributed by atoms with Crippen molar-refractivity contribution in [1.29, 1.82) is 0 Å². The van der Waals surface area contributed by atoms with Crippen LogP contribution in [0.3, 0.4) is 0 Å². The van der Waals surface area contributed by atoms with Crippen LogP contribution < -0.4 is 5.73 Å². The van der Waals surface area contributed by atoms with Crippen molar-refractivity contribution in [1.82, 2.24) is 0 Å². The Morgan fingerprint density at radius 1 is 1.86 bits per heavy atom. The number of hydrogen-bond donors (Lipinski definition) is 1. The highest BCUT2D eigenvalue weighted by molar-refractivity contribution is 5.01. The molecule has 0 rings (SSSR count). The molecule has 0 fully saturated rings. The molecule has 0 aromatic heterocycles. The Morgan fingerprint density at radius 3 is 2.29 bits per heavy atom. The summed E-state index contributed by atoms with van der Waals surface area (Å²) < 4.78 is 0. The highest BCUT2D eigenvalue weighted by Gasteiger charge is 2.13. The lowest BCUT2D eigenvalue weighted by Gasteiger charge is -2.07. The van der Waals surface area contributed by atoms with E-state index in [1.807, 2.05) is 13.8 Å². The standard InChI is InChI=1S/C6H11N/c1-4-6(3,7)5-2/h1H,5,7H2,2-3H3/p+1/t6-/m1/s1. The van der Waals surface area contributed by atoms with Crippen LogP contribution in [0, 0.1) is 12.3 Å². The summed E-state index contributed by atoms with van der Waals surface area (Å²) in [5.74, 6) is 2.58. The van der Waals surface area contributed by atoms with Crippen LogP contribution in [-0.2, 0) is 0 Å². The van der Waals surface area contributed by atoms with Gasteiger partial charge in [0.1, 0.15) is 0 Å². The Hall–Kier alpha value is -0.480. The fourth-order valence-electron chi connectivity index (χ4n) is 0.102. The number of hydrogen-bond acceptors (Lipinski definition) is 0. The summed E-state index contributed by atoms with van der Waals surface area (Å²) in [7, 11) is 0. The number of rotatable bonds is 1. The van der Waals surface area contributed by atoms with Crippen molar-refractivity contribution in [2.75, 3.05) is 0 Å². The van der Waals surface area contributed by atoms with Crippen LogP contribution in [0.15, 0.2) is 0 Å². The van der Waals surface area contributed by atoms with Gasteiger partial charge in [-0.1, -0.05) is 6.92 Å². The maximum absolute atomic E-state index is 5.10. The van der Waals surface area contributed by atoms with Crippen LogP contribution in [0.5, 0.6) is 0 Å². The zero-order valence-corrected chi connectivity index (χ0v) is 4.99. The normalized spacial score (nSPS) is 17.4. The first-order chi connectivity index (χ1) is 3.12. The first-order valence-electron chi connectivity index (χ1n) is 2.45. The van der Waals surface area contributed by atoms with Crippen molar-refractivity contribution in [3.63, 3.8) is 0 Å². The van der Waals surface area contributed by atoms with Crippen LogP contribution in [0.2, 0.25) is 0 Å². The van der Waals surface area contributed by atoms with Gasteiger partial charge in [-0.25, -0.2) is 0 Å². The van der Waals surface area contributed by atoms with Crippen molar-refractivity contribution in [2.24, 2.45) is 0 Å². The highest BCUT2D eigenvalue weighted by Crippen LogP contribution is 1.96. The van der Waals surface area contributed by atoms with Gasteiger partial charge >= 0.3 is 0 Å². The van der Waals surface area contributed by atoms with Gasteiger partial charge in [-0.3, -0.25) is 0 Å². The van der Waals surface area contributed by atoms with E-state index in [0.717, 1.165) is 6.42 Å². The molecule has 0 aromatic rings. The third kappa shape index (κ3) is 2.24. The van der Waals surface area contributed by atoms with E-state index in [2.05, 4.69) is 11.7 Å². The Kier molecular flexibility index (Phi) is 1.86. The first-order valence-corrected chi connectivity index (χ1v) is 2.45. The summed E-state index contributed by atoms with van der Waals surface area (Å²) >= 11 is 0. The predicted molar refractivity (Wildman–Crippen MR) is 30.4 cm³/mol. The molecule has 0 radical (unpaired) electrons. The summed E-state index contributed by atoms with van der Waals surface area (Å²) in [5, 5.41) is 0. The van der Waals surface area contributed by atoms with Gasteiger partial charge in [-0.15, -0.1) is 6.42 Å². The van der Waals surface area contributed by atoms with Crippen LogP contribution in [0.25, 0.3) is 0 Å². The third-order valence-electron chi connectivity index (χ3n) is 1.13. The molecule has 0 saturated carbocycles. The molecule has 0 aliphatic rings. The van der Waals surface area contributed by atoms with Gasteiger partial charge in [0, 0.05) is 13.3 Å². The van der Waals surface area contributed by atoms with E-state index < -0.39 is 0 Å². The lowest BCUT2D eigenvalue weighted by Crippen LogP contribution is -2.69. The van der Waals surface area contributed by atoms with Crippen molar-refractivity contribution in [3.8, 4) is 12.3 Å². The van der Waals surface area contributed by atoms with E-state index in [-0.39, 0.29) is 5.54 Å². The second kappa shape index (κ2) is 1.99. The van der Waals surface area contributed by atoms with Crippen molar-refractivity contribution in [2.45, 2.75) is 25.8 Å². The van der Waals surface area contributed by atoms with Crippen LogP contribution >= 0.6 is 0 Å². The van der Waals surface area contributed by atoms with E-state index in [4.69, 9.17) is 6.42 Å². The second-order valence-corrected chi connectivity index (χ2v) is 2.06. The highest BCUT2D eigenvalue weighted by atomic mass is 14.7. The largest absolute Gasteiger partial charge is 0.343 e. The molecule has 0 heterocycles. The SMILES string of the molecule is C#C[C@@](C)([NH3+])CC. The van der Waals surface area contributed by atoms with E-state index >= 15 is 0 Å². The molecule has 0 aromatic carbocycles. The average Bonchev–Trinajstić information content (AvgIpc) is 1.68. The van der Waals surface area contributed by atoms with Crippen LogP contribution in [0.4, 0.5) is 0 Å². The van der Waals surface area contributed by atoms with Crippen molar-refractivity contribution >= 4 is 0 Å². The molecule has 0 unspecified atom stereocenters. The van der Waals surface area contributed by atoms with Crippen molar-refractivity contribution < 1.29 is 5.73 Å². The van der Waals surface area contributed by atoms with Crippen LogP contribution in [-0.4, -0.2) is 5.54 Å². The molecule has 7 heavy (non-hydrogen) atoms. The monoisotopic (exact) mass is 98.1 g/mol. The molecule has 0 spiro atoms. The van der Waals surface area contributed by atoms with Gasteiger partial charge in [0.05, 0.1) is 0 Å². The molecule has 40 valence electrons. The summed E-state index contributed by atoms with van der Waals surface area (Å²) in [6.07, 6.45) is 6.05. The van der Waals surface area contributed by atoms with Gasteiger partial charge in [0.25, 0.3) is 0 Å². The van der Waals surface area contributed by atoms with Crippen molar-refractivity contribution in [3.05, 3.63) is 0 Å². The second-order valence-electron chi connectivity index (χ2n) is 2.06. The summed E-state index contributed by atoms with van der Waals surface area (Å²) in [6.45, 7) is 3.99. The molecule has 0 aliphatic carbocycles. The minimum Gasteiger partial charge on any atom is -0.343 e. The molecule has 1 heteroatoms. The van der Waals surface area contributed by atoms with E-state index in [0.29, 0.717) is 0 Å². The van der Waals surface area contributed by atoms with E-state index in [1.165, 1.54) is 0 Å². The first kappa shape index (κ1) is 6.52. The Labute approximate surface area is 44.9 Å². The number of terminal acetylenes is 1. The molecule has 0 bridgehead atoms. The molecule has 3 N–H and O–H groups in total. The molecule has 0 saturated heterocycles. The summed E-state index contributed by atoms with van der Waals surface area (Å²) in [6, 6.07) is 0. The average molecular weight is 98.2 g/mol. The quantitative estimate of drug-likeness (QED) is 0.448. The molecule has 1 atom stereocenters. The zero-order chi connectivity index (χ0) is 5.91. The molecular weight excluding hydrogens is 86.1 g/mol. The smallest absolute Gasteiger partial charge is 0.152 e. The lowest BCUT2D eigenvalue weighted by molar-refractivity contribution is -0.449. The summed E-state index contributed by atoms with van der Waals surface area (Å²) in [5.41, 5.74) is 3.63. The maximum Gasteiger partial charge on any atom is 0.152 e. The topological polar surface area (TPSA) is 27.6 Å². The van der Waals surface area contributed by atoms with Gasteiger partial charge in [0.2, 0.25) is 0 Å². The molecular formula is C6H12N+. The predicted octanol–water partition coefficient (Wildman–Crippen LogP) is 0.0302. The summed E-state index contributed by atoms with van der Waals surface area (Å²) in [4.78, 5) is 0. The van der Waals surface area contributed by atoms with Gasteiger partial charge in [0.15, 0.2) is 5.54 Å². The van der Waals surface area contributed by atoms with E-state index in [1.54, 1.807) is 0 Å². The molecule has 0 amide bonds. The van der Waals surface area contributed by atoms with E-state index in [9.17, 15) is 0 Å². The fraction of sp³-hybridized carbons (Fsp3) is 0.667. The minimum absolute atomic E-state index is 0.139. The lowest BCUT2D eigenvalue weighted by atomic mass is 10.0. The fourth-order valence-corrected chi connectivity index (χ4v) is 0.102. The molecule has 1 nitrogen and oxygen atoms in total. The Bertz CT molecular complexity index is 86.8.